The smallest absolute Gasteiger partial charge is 0.410 e. The van der Waals surface area contributed by atoms with Crippen molar-refractivity contribution in [2.24, 2.45) is 5.41 Å². The molecule has 0 aromatic heterocycles. The molecule has 1 N–H and O–H groups in total. The third-order valence-corrected chi connectivity index (χ3v) is 3.30. The Bertz CT molecular complexity index is 282. The summed E-state index contributed by atoms with van der Waals surface area (Å²) < 4.78 is 5.38. The molecule has 0 aromatic carbocycles. The van der Waals surface area contributed by atoms with E-state index in [0.717, 1.165) is 12.8 Å². The van der Waals surface area contributed by atoms with Gasteiger partial charge in [-0.05, 0) is 39.0 Å². The summed E-state index contributed by atoms with van der Waals surface area (Å²) in [5.74, 6) is 0. The fraction of sp³-hybridized carbons (Fsp3) is 0.933. The number of aliphatic hydroxyl groups excluding tert-OH is 1. The van der Waals surface area contributed by atoms with Gasteiger partial charge in [0.05, 0.1) is 12.6 Å². The SMILES string of the molecule is CC.CC(C)(C)OC(=O)N1CCCC(C)(C)C1CO. The van der Waals surface area contributed by atoms with Crippen molar-refractivity contribution in [3.05, 3.63) is 0 Å². The summed E-state index contributed by atoms with van der Waals surface area (Å²) in [6, 6.07) is -0.147. The maximum atomic E-state index is 12.1. The number of piperidine rings is 1. The lowest BCUT2D eigenvalue weighted by molar-refractivity contribution is -0.0302. The first-order chi connectivity index (χ1) is 8.67. The molecule has 1 saturated heterocycles. The van der Waals surface area contributed by atoms with Crippen LogP contribution in [0.25, 0.3) is 0 Å². The van der Waals surface area contributed by atoms with Gasteiger partial charge in [-0.3, -0.25) is 0 Å². The van der Waals surface area contributed by atoms with E-state index >= 15 is 0 Å². The minimum absolute atomic E-state index is 0.00770. The Balaban J connectivity index is 0.00000154. The molecule has 1 atom stereocenters. The first-order valence-electron chi connectivity index (χ1n) is 7.28. The highest BCUT2D eigenvalue weighted by molar-refractivity contribution is 5.68. The van der Waals surface area contributed by atoms with E-state index in [4.69, 9.17) is 4.74 Å². The summed E-state index contributed by atoms with van der Waals surface area (Å²) in [5.41, 5.74) is -0.539. The van der Waals surface area contributed by atoms with Crippen molar-refractivity contribution in [2.45, 2.75) is 73.0 Å². The number of nitrogens with zero attached hydrogens (tertiary/aromatic N) is 1. The van der Waals surface area contributed by atoms with Crippen molar-refractivity contribution >= 4 is 6.09 Å². The number of carbonyl (C=O) groups excluding carboxylic acids is 1. The quantitative estimate of drug-likeness (QED) is 0.796. The fourth-order valence-electron chi connectivity index (χ4n) is 2.33. The predicted octanol–water partition coefficient (Wildman–Crippen LogP) is 3.43. The maximum Gasteiger partial charge on any atom is 0.410 e. The van der Waals surface area contributed by atoms with E-state index in [1.807, 2.05) is 34.6 Å². The summed E-state index contributed by atoms with van der Waals surface area (Å²) >= 11 is 0. The number of amides is 1. The normalized spacial score (nSPS) is 22.3. The highest BCUT2D eigenvalue weighted by atomic mass is 16.6. The molecule has 1 aliphatic heterocycles. The van der Waals surface area contributed by atoms with Crippen LogP contribution in [0, 0.1) is 5.41 Å². The third kappa shape index (κ3) is 5.39. The lowest BCUT2D eigenvalue weighted by Crippen LogP contribution is -2.55. The second kappa shape index (κ2) is 7.13. The molecule has 114 valence electrons. The molecule has 1 unspecified atom stereocenters. The molecule has 1 rings (SSSR count). The van der Waals surface area contributed by atoms with Crippen LogP contribution in [0.5, 0.6) is 0 Å². The second-order valence-corrected chi connectivity index (χ2v) is 6.46. The molecule has 0 aromatic rings. The summed E-state index contributed by atoms with van der Waals surface area (Å²) in [6.45, 7) is 14.4. The van der Waals surface area contributed by atoms with Gasteiger partial charge in [0.25, 0.3) is 0 Å². The molecule has 0 saturated carbocycles. The zero-order chi connectivity index (χ0) is 15.3. The van der Waals surface area contributed by atoms with E-state index in [1.54, 1.807) is 4.90 Å². The van der Waals surface area contributed by atoms with Crippen LogP contribution in [-0.4, -0.2) is 40.9 Å². The maximum absolute atomic E-state index is 12.1. The average Bonchev–Trinajstić information content (AvgIpc) is 2.28. The second-order valence-electron chi connectivity index (χ2n) is 6.46. The standard InChI is InChI=1S/C13H25NO3.C2H6/c1-12(2,3)17-11(16)14-8-6-7-13(4,5)10(14)9-15;1-2/h10,15H,6-9H2,1-5H3;1-2H3. The molecule has 1 amide bonds. The van der Waals surface area contributed by atoms with Gasteiger partial charge in [-0.15, -0.1) is 0 Å². The van der Waals surface area contributed by atoms with E-state index in [0.29, 0.717) is 6.54 Å². The Morgan fingerprint density at radius 3 is 2.32 bits per heavy atom. The molecule has 1 fully saturated rings. The number of ether oxygens (including phenoxy) is 1. The van der Waals surface area contributed by atoms with Crippen LogP contribution in [0.3, 0.4) is 0 Å². The topological polar surface area (TPSA) is 49.8 Å². The van der Waals surface area contributed by atoms with Crippen molar-refractivity contribution in [2.75, 3.05) is 13.2 Å². The van der Waals surface area contributed by atoms with Gasteiger partial charge in [-0.2, -0.15) is 0 Å². The van der Waals surface area contributed by atoms with E-state index in [-0.39, 0.29) is 24.2 Å². The van der Waals surface area contributed by atoms with Gasteiger partial charge in [0, 0.05) is 6.54 Å². The largest absolute Gasteiger partial charge is 0.444 e. The minimum Gasteiger partial charge on any atom is -0.444 e. The van der Waals surface area contributed by atoms with E-state index in [1.165, 1.54) is 0 Å². The Hall–Kier alpha value is -0.770. The molecule has 19 heavy (non-hydrogen) atoms. The molecule has 0 radical (unpaired) electrons. The van der Waals surface area contributed by atoms with Crippen LogP contribution >= 0.6 is 0 Å². The lowest BCUT2D eigenvalue weighted by Gasteiger charge is -2.45. The average molecular weight is 273 g/mol. The van der Waals surface area contributed by atoms with Crippen LogP contribution in [0.4, 0.5) is 4.79 Å². The van der Waals surface area contributed by atoms with Gasteiger partial charge < -0.3 is 14.7 Å². The van der Waals surface area contributed by atoms with Crippen LogP contribution < -0.4 is 0 Å². The predicted molar refractivity (Wildman–Crippen MR) is 78.2 cm³/mol. The molecule has 0 spiro atoms. The van der Waals surface area contributed by atoms with E-state index in [9.17, 15) is 9.90 Å². The zero-order valence-corrected chi connectivity index (χ0v) is 13.6. The van der Waals surface area contributed by atoms with Gasteiger partial charge in [0.1, 0.15) is 5.60 Å². The molecule has 1 heterocycles. The van der Waals surface area contributed by atoms with Crippen molar-refractivity contribution < 1.29 is 14.6 Å². The van der Waals surface area contributed by atoms with Gasteiger partial charge in [0.2, 0.25) is 0 Å². The number of hydrogen-bond donors (Lipinski definition) is 1. The third-order valence-electron chi connectivity index (χ3n) is 3.30. The highest BCUT2D eigenvalue weighted by Crippen LogP contribution is 2.35. The number of rotatable bonds is 1. The van der Waals surface area contributed by atoms with Crippen LogP contribution in [0.1, 0.15) is 61.3 Å². The molecule has 4 heteroatoms. The Morgan fingerprint density at radius 1 is 1.37 bits per heavy atom. The number of aliphatic hydroxyl groups is 1. The first kappa shape index (κ1) is 18.2. The molecule has 1 aliphatic rings. The van der Waals surface area contributed by atoms with Gasteiger partial charge in [-0.1, -0.05) is 27.7 Å². The summed E-state index contributed by atoms with van der Waals surface area (Å²) in [4.78, 5) is 13.7. The minimum atomic E-state index is -0.487. The fourth-order valence-corrected chi connectivity index (χ4v) is 2.33. The molecular formula is C15H31NO3. The van der Waals surface area contributed by atoms with Crippen molar-refractivity contribution in [1.29, 1.82) is 0 Å². The molecule has 4 nitrogen and oxygen atoms in total. The number of hydrogen-bond acceptors (Lipinski definition) is 3. The van der Waals surface area contributed by atoms with E-state index < -0.39 is 5.60 Å². The molecule has 0 bridgehead atoms. The van der Waals surface area contributed by atoms with Crippen molar-refractivity contribution in [3.63, 3.8) is 0 Å². The van der Waals surface area contributed by atoms with Gasteiger partial charge >= 0.3 is 6.09 Å². The number of carbonyl (C=O) groups is 1. The highest BCUT2D eigenvalue weighted by Gasteiger charge is 2.40. The van der Waals surface area contributed by atoms with Crippen LogP contribution in [0.2, 0.25) is 0 Å². The zero-order valence-electron chi connectivity index (χ0n) is 13.6. The Labute approximate surface area is 118 Å². The van der Waals surface area contributed by atoms with Crippen molar-refractivity contribution in [1.82, 2.24) is 4.90 Å². The Kier molecular flexibility index (Phi) is 6.84. The lowest BCUT2D eigenvalue weighted by atomic mass is 9.77. The van der Waals surface area contributed by atoms with Gasteiger partial charge in [-0.25, -0.2) is 4.79 Å². The summed E-state index contributed by atoms with van der Waals surface area (Å²) in [6.07, 6.45) is 1.67. The van der Waals surface area contributed by atoms with Crippen LogP contribution in [-0.2, 0) is 4.74 Å². The first-order valence-corrected chi connectivity index (χ1v) is 7.28. The summed E-state index contributed by atoms with van der Waals surface area (Å²) in [5, 5.41) is 9.49. The monoisotopic (exact) mass is 273 g/mol. The van der Waals surface area contributed by atoms with E-state index in [2.05, 4.69) is 13.8 Å². The van der Waals surface area contributed by atoms with Gasteiger partial charge in [0.15, 0.2) is 0 Å². The summed E-state index contributed by atoms with van der Waals surface area (Å²) in [7, 11) is 0. The van der Waals surface area contributed by atoms with Crippen LogP contribution in [0.15, 0.2) is 0 Å². The molecular weight excluding hydrogens is 242 g/mol. The molecule has 0 aliphatic carbocycles. The number of likely N-dealkylation sites (tertiary alicyclic amines) is 1. The Morgan fingerprint density at radius 2 is 1.89 bits per heavy atom. The van der Waals surface area contributed by atoms with Crippen molar-refractivity contribution in [3.8, 4) is 0 Å².